The van der Waals surface area contributed by atoms with Crippen molar-refractivity contribution in [3.63, 3.8) is 0 Å². The third kappa shape index (κ3) is 6.90. The summed E-state index contributed by atoms with van der Waals surface area (Å²) in [6.45, 7) is 2.73. The van der Waals surface area contributed by atoms with Crippen LogP contribution in [0.3, 0.4) is 0 Å². The van der Waals surface area contributed by atoms with E-state index in [1.165, 1.54) is 23.0 Å². The molecule has 0 aliphatic carbocycles. The highest BCUT2D eigenvalue weighted by molar-refractivity contribution is 6.08. The van der Waals surface area contributed by atoms with Gasteiger partial charge in [0.25, 0.3) is 11.8 Å². The van der Waals surface area contributed by atoms with E-state index in [2.05, 4.69) is 20.5 Å². The largest absolute Gasteiger partial charge is 0.411 e. The Balaban J connectivity index is 2.07. The van der Waals surface area contributed by atoms with Gasteiger partial charge in [0.1, 0.15) is 12.3 Å². The van der Waals surface area contributed by atoms with E-state index in [-0.39, 0.29) is 35.4 Å². The topological polar surface area (TPSA) is 85.2 Å². The summed E-state index contributed by atoms with van der Waals surface area (Å²) in [6, 6.07) is 6.04. The molecule has 2 amide bonds. The van der Waals surface area contributed by atoms with Gasteiger partial charge in [0.15, 0.2) is 0 Å². The van der Waals surface area contributed by atoms with Gasteiger partial charge in [0.05, 0.1) is 18.5 Å². The second kappa shape index (κ2) is 9.55. The summed E-state index contributed by atoms with van der Waals surface area (Å²) in [6.07, 6.45) is -3.06. The number of halogens is 3. The zero-order valence-corrected chi connectivity index (χ0v) is 16.3. The third-order valence-electron chi connectivity index (χ3n) is 3.80. The van der Waals surface area contributed by atoms with Gasteiger partial charge in [0.2, 0.25) is 0 Å². The van der Waals surface area contributed by atoms with E-state index in [0.717, 1.165) is 0 Å². The first-order valence-corrected chi connectivity index (χ1v) is 8.92. The summed E-state index contributed by atoms with van der Waals surface area (Å²) in [4.78, 5) is 24.9. The van der Waals surface area contributed by atoms with Crippen LogP contribution in [0.4, 0.5) is 18.9 Å². The van der Waals surface area contributed by atoms with E-state index in [0.29, 0.717) is 12.1 Å². The Morgan fingerprint density at radius 2 is 1.97 bits per heavy atom. The second-order valence-corrected chi connectivity index (χ2v) is 6.90. The number of hydrogen-bond acceptors (Lipinski definition) is 4. The van der Waals surface area contributed by atoms with Crippen molar-refractivity contribution in [1.82, 2.24) is 15.1 Å². The van der Waals surface area contributed by atoms with Crippen LogP contribution in [-0.2, 0) is 18.4 Å². The van der Waals surface area contributed by atoms with Crippen LogP contribution in [0.2, 0.25) is 0 Å². The van der Waals surface area contributed by atoms with Crippen LogP contribution in [0.1, 0.15) is 40.3 Å². The lowest BCUT2D eigenvalue weighted by Crippen LogP contribution is -2.30. The minimum atomic E-state index is -4.41. The van der Waals surface area contributed by atoms with E-state index in [1.807, 2.05) is 13.8 Å². The van der Waals surface area contributed by atoms with E-state index < -0.39 is 18.7 Å². The number of nitrogens with zero attached hydrogens (tertiary/aromatic N) is 2. The van der Waals surface area contributed by atoms with Gasteiger partial charge in [-0.05, 0) is 23.6 Å². The Bertz CT molecular complexity index is 863. The SMILES string of the molecule is CC(C)CNC(=O)c1c(NC(=O)c2cccc(COCC(F)(F)F)c2)cnn1C. The van der Waals surface area contributed by atoms with Gasteiger partial charge in [-0.2, -0.15) is 18.3 Å². The molecule has 0 fully saturated rings. The molecule has 1 aromatic carbocycles. The molecule has 2 aromatic rings. The van der Waals surface area contributed by atoms with Crippen molar-refractivity contribution < 1.29 is 27.5 Å². The molecule has 29 heavy (non-hydrogen) atoms. The van der Waals surface area contributed by atoms with Gasteiger partial charge >= 0.3 is 6.18 Å². The third-order valence-corrected chi connectivity index (χ3v) is 3.80. The number of anilines is 1. The Morgan fingerprint density at radius 3 is 2.62 bits per heavy atom. The first-order valence-electron chi connectivity index (χ1n) is 8.92. The molecule has 2 rings (SSSR count). The highest BCUT2D eigenvalue weighted by atomic mass is 19.4. The number of carbonyl (C=O) groups excluding carboxylic acids is 2. The fraction of sp³-hybridized carbons (Fsp3) is 0.421. The molecule has 0 atom stereocenters. The maximum Gasteiger partial charge on any atom is 0.411 e. The lowest BCUT2D eigenvalue weighted by atomic mass is 10.1. The smallest absolute Gasteiger partial charge is 0.367 e. The van der Waals surface area contributed by atoms with Crippen LogP contribution in [-0.4, -0.2) is 40.9 Å². The van der Waals surface area contributed by atoms with Crippen LogP contribution < -0.4 is 10.6 Å². The average molecular weight is 412 g/mol. The molecule has 0 aliphatic rings. The van der Waals surface area contributed by atoms with Gasteiger partial charge in [-0.1, -0.05) is 26.0 Å². The summed E-state index contributed by atoms with van der Waals surface area (Å²) in [5.74, 6) is -0.635. The van der Waals surface area contributed by atoms with Crippen molar-refractivity contribution in [2.75, 3.05) is 18.5 Å². The van der Waals surface area contributed by atoms with E-state index in [4.69, 9.17) is 0 Å². The van der Waals surface area contributed by atoms with Crippen LogP contribution >= 0.6 is 0 Å². The number of ether oxygens (including phenoxy) is 1. The quantitative estimate of drug-likeness (QED) is 0.698. The summed E-state index contributed by atoms with van der Waals surface area (Å²) < 4.78 is 42.5. The molecular weight excluding hydrogens is 389 g/mol. The van der Waals surface area contributed by atoms with Gasteiger partial charge in [-0.3, -0.25) is 14.3 Å². The predicted octanol–water partition coefficient (Wildman–Crippen LogP) is 3.14. The summed E-state index contributed by atoms with van der Waals surface area (Å²) in [5.41, 5.74) is 1.07. The summed E-state index contributed by atoms with van der Waals surface area (Å²) in [7, 11) is 1.58. The van der Waals surface area contributed by atoms with Crippen molar-refractivity contribution in [3.8, 4) is 0 Å². The standard InChI is InChI=1S/C19H23F3N4O3/c1-12(2)8-23-18(28)16-15(9-24-26(16)3)25-17(27)14-6-4-5-13(7-14)10-29-11-19(20,21)22/h4-7,9,12H,8,10-11H2,1-3H3,(H,23,28)(H,25,27). The fourth-order valence-electron chi connectivity index (χ4n) is 2.46. The Hall–Kier alpha value is -2.88. The van der Waals surface area contributed by atoms with Crippen LogP contribution in [0, 0.1) is 5.92 Å². The number of rotatable bonds is 8. The van der Waals surface area contributed by atoms with Gasteiger partial charge in [-0.15, -0.1) is 0 Å². The number of aromatic nitrogens is 2. The zero-order valence-electron chi connectivity index (χ0n) is 16.3. The first-order chi connectivity index (χ1) is 13.6. The molecule has 1 heterocycles. The minimum absolute atomic E-state index is 0.198. The molecular formula is C19H23F3N4O3. The van der Waals surface area contributed by atoms with Gasteiger partial charge in [0, 0.05) is 19.2 Å². The molecule has 0 unspecified atom stereocenters. The average Bonchev–Trinajstić information content (AvgIpc) is 2.99. The van der Waals surface area contributed by atoms with Crippen molar-refractivity contribution >= 4 is 17.5 Å². The molecule has 0 bridgehead atoms. The van der Waals surface area contributed by atoms with Crippen LogP contribution in [0.5, 0.6) is 0 Å². The van der Waals surface area contributed by atoms with Gasteiger partial charge < -0.3 is 15.4 Å². The highest BCUT2D eigenvalue weighted by Crippen LogP contribution is 2.18. The van der Waals surface area contributed by atoms with E-state index in [1.54, 1.807) is 19.2 Å². The predicted molar refractivity (Wildman–Crippen MR) is 100 cm³/mol. The molecule has 158 valence electrons. The Labute approximate surface area is 166 Å². The van der Waals surface area contributed by atoms with Crippen molar-refractivity contribution in [3.05, 3.63) is 47.3 Å². The number of hydrogen-bond donors (Lipinski definition) is 2. The molecule has 10 heteroatoms. The summed E-state index contributed by atoms with van der Waals surface area (Å²) >= 11 is 0. The number of amides is 2. The first kappa shape index (κ1) is 22.4. The lowest BCUT2D eigenvalue weighted by Gasteiger charge is -2.11. The number of carbonyl (C=O) groups is 2. The molecule has 7 nitrogen and oxygen atoms in total. The lowest BCUT2D eigenvalue weighted by molar-refractivity contribution is -0.176. The summed E-state index contributed by atoms with van der Waals surface area (Å²) in [5, 5.41) is 9.39. The molecule has 0 saturated carbocycles. The maximum absolute atomic E-state index is 12.5. The molecule has 0 spiro atoms. The number of alkyl halides is 3. The maximum atomic E-state index is 12.5. The zero-order chi connectivity index (χ0) is 21.6. The van der Waals surface area contributed by atoms with Crippen LogP contribution in [0.25, 0.3) is 0 Å². The molecule has 0 radical (unpaired) electrons. The Morgan fingerprint density at radius 1 is 1.24 bits per heavy atom. The number of aryl methyl sites for hydroxylation is 1. The van der Waals surface area contributed by atoms with E-state index in [9.17, 15) is 22.8 Å². The number of nitrogens with one attached hydrogen (secondary N) is 2. The molecule has 1 aromatic heterocycles. The normalized spacial score (nSPS) is 11.6. The second-order valence-electron chi connectivity index (χ2n) is 6.90. The van der Waals surface area contributed by atoms with Crippen molar-refractivity contribution in [2.45, 2.75) is 26.6 Å². The van der Waals surface area contributed by atoms with Crippen molar-refractivity contribution in [2.24, 2.45) is 13.0 Å². The van der Waals surface area contributed by atoms with E-state index >= 15 is 0 Å². The monoisotopic (exact) mass is 412 g/mol. The molecule has 2 N–H and O–H groups in total. The molecule has 0 saturated heterocycles. The minimum Gasteiger partial charge on any atom is -0.367 e. The van der Waals surface area contributed by atoms with Crippen molar-refractivity contribution in [1.29, 1.82) is 0 Å². The number of benzene rings is 1. The fourth-order valence-corrected chi connectivity index (χ4v) is 2.46. The highest BCUT2D eigenvalue weighted by Gasteiger charge is 2.27. The van der Waals surface area contributed by atoms with Gasteiger partial charge in [-0.25, -0.2) is 0 Å². The Kier molecular flexibility index (Phi) is 7.38. The van der Waals surface area contributed by atoms with Crippen LogP contribution in [0.15, 0.2) is 30.5 Å². The molecule has 0 aliphatic heterocycles.